The number of thioether (sulfide) groups is 1. The number of nitrogens with two attached hydrogens (primary N) is 1. The fourth-order valence-electron chi connectivity index (χ4n) is 5.32. The fraction of sp³-hybridized carbons (Fsp3) is 0.0455. The van der Waals surface area contributed by atoms with Crippen molar-refractivity contribution in [1.82, 2.24) is 5.32 Å². The average molecular weight is 733 g/mol. The summed E-state index contributed by atoms with van der Waals surface area (Å²) >= 11 is 1.31. The highest BCUT2D eigenvalue weighted by Crippen LogP contribution is 2.37. The van der Waals surface area contributed by atoms with E-state index in [1.807, 2.05) is 66.7 Å². The van der Waals surface area contributed by atoms with E-state index in [4.69, 9.17) is 10.5 Å². The molecule has 0 radical (unpaired) electrons. The summed E-state index contributed by atoms with van der Waals surface area (Å²) in [6.45, 7) is 0.414. The van der Waals surface area contributed by atoms with Crippen molar-refractivity contribution < 1.29 is 23.9 Å². The lowest BCUT2D eigenvalue weighted by atomic mass is 10.1. The third-order valence-electron chi connectivity index (χ3n) is 8.09. The number of amides is 4. The van der Waals surface area contributed by atoms with E-state index >= 15 is 0 Å². The van der Waals surface area contributed by atoms with E-state index in [1.165, 1.54) is 11.8 Å². The topological polar surface area (TPSA) is 140 Å². The summed E-state index contributed by atoms with van der Waals surface area (Å²) in [5, 5.41) is 7.95. The highest BCUT2D eigenvalue weighted by molar-refractivity contribution is 8.00. The number of carbonyl (C=O) groups is 4. The Morgan fingerprint density at radius 3 is 1.96 bits per heavy atom. The van der Waals surface area contributed by atoms with Gasteiger partial charge in [-0.25, -0.2) is 0 Å². The van der Waals surface area contributed by atoms with Crippen molar-refractivity contribution in [2.24, 2.45) is 5.73 Å². The van der Waals surface area contributed by atoms with Crippen molar-refractivity contribution in [3.63, 3.8) is 0 Å². The highest BCUT2D eigenvalue weighted by atomic mass is 32.2. The zero-order valence-electron chi connectivity index (χ0n) is 29.0. The van der Waals surface area contributed by atoms with E-state index in [0.717, 1.165) is 11.1 Å². The normalized spacial score (nSPS) is 11.5. The fourth-order valence-corrected chi connectivity index (χ4v) is 6.40. The van der Waals surface area contributed by atoms with Crippen LogP contribution in [-0.2, 0) is 16.2 Å². The molecular weight excluding hydrogens is 697 g/mol. The number of carbonyl (C=O) groups excluding carboxylic acids is 4. The van der Waals surface area contributed by atoms with Gasteiger partial charge in [-0.05, 0) is 89.5 Å². The summed E-state index contributed by atoms with van der Waals surface area (Å²) in [6.07, 6.45) is 1.60. The molecule has 0 spiro atoms. The molecule has 10 heteroatoms. The smallest absolute Gasteiger partial charge is 0.272 e. The zero-order valence-corrected chi connectivity index (χ0v) is 29.8. The first kappa shape index (κ1) is 36.9. The maximum Gasteiger partial charge on any atom is 0.272 e. The quantitative estimate of drug-likeness (QED) is 0.0657. The Labute approximate surface area is 317 Å². The molecule has 4 amide bonds. The average Bonchev–Trinajstić information content (AvgIpc) is 3.20. The molecule has 0 aromatic heterocycles. The summed E-state index contributed by atoms with van der Waals surface area (Å²) in [6, 6.07) is 48.5. The molecule has 0 fully saturated rings. The van der Waals surface area contributed by atoms with Crippen LogP contribution in [0.25, 0.3) is 6.08 Å². The van der Waals surface area contributed by atoms with E-state index < -0.39 is 23.0 Å². The van der Waals surface area contributed by atoms with E-state index in [-0.39, 0.29) is 11.6 Å². The lowest BCUT2D eigenvalue weighted by Gasteiger charge is -2.18. The molecule has 54 heavy (non-hydrogen) atoms. The van der Waals surface area contributed by atoms with Crippen LogP contribution in [0.2, 0.25) is 0 Å². The van der Waals surface area contributed by atoms with Crippen LogP contribution in [0.1, 0.15) is 42.7 Å². The van der Waals surface area contributed by atoms with E-state index in [2.05, 4.69) is 16.0 Å². The second kappa shape index (κ2) is 18.0. The molecule has 268 valence electrons. The predicted octanol–water partition coefficient (Wildman–Crippen LogP) is 8.25. The van der Waals surface area contributed by atoms with Crippen LogP contribution in [0.4, 0.5) is 11.4 Å². The van der Waals surface area contributed by atoms with Crippen LogP contribution < -0.4 is 26.4 Å². The first-order chi connectivity index (χ1) is 26.3. The Balaban J connectivity index is 1.20. The lowest BCUT2D eigenvalue weighted by Crippen LogP contribution is -2.30. The Hall–Kier alpha value is -6.91. The van der Waals surface area contributed by atoms with Gasteiger partial charge in [0.15, 0.2) is 0 Å². The van der Waals surface area contributed by atoms with Crippen molar-refractivity contribution in [2.45, 2.75) is 16.8 Å². The molecule has 0 aliphatic heterocycles. The zero-order chi connectivity index (χ0) is 37.7. The molecule has 6 aromatic carbocycles. The molecule has 5 N–H and O–H groups in total. The van der Waals surface area contributed by atoms with Gasteiger partial charge < -0.3 is 26.4 Å². The number of hydrogen-bond donors (Lipinski definition) is 4. The first-order valence-electron chi connectivity index (χ1n) is 17.0. The molecule has 1 unspecified atom stereocenters. The second-order valence-corrected chi connectivity index (χ2v) is 13.2. The van der Waals surface area contributed by atoms with Gasteiger partial charge in [0.2, 0.25) is 11.8 Å². The number of nitrogens with one attached hydrogen (secondary N) is 3. The lowest BCUT2D eigenvalue weighted by molar-refractivity contribution is -0.116. The van der Waals surface area contributed by atoms with E-state index in [9.17, 15) is 19.2 Å². The maximum atomic E-state index is 13.8. The minimum absolute atomic E-state index is 0.0313. The monoisotopic (exact) mass is 732 g/mol. The number of benzene rings is 6. The second-order valence-electron chi connectivity index (χ2n) is 12.0. The van der Waals surface area contributed by atoms with Crippen molar-refractivity contribution in [3.05, 3.63) is 197 Å². The van der Waals surface area contributed by atoms with Gasteiger partial charge in [0.05, 0.1) is 0 Å². The van der Waals surface area contributed by atoms with Gasteiger partial charge in [-0.3, -0.25) is 19.2 Å². The number of rotatable bonds is 14. The molecule has 9 nitrogen and oxygen atoms in total. The van der Waals surface area contributed by atoms with Crippen LogP contribution in [0.3, 0.4) is 0 Å². The van der Waals surface area contributed by atoms with Crippen LogP contribution in [0.15, 0.2) is 174 Å². The minimum atomic E-state index is -0.659. The van der Waals surface area contributed by atoms with Gasteiger partial charge in [-0.2, -0.15) is 0 Å². The van der Waals surface area contributed by atoms with Crippen LogP contribution in [-0.4, -0.2) is 23.6 Å². The SMILES string of the molecule is NC(=O)c1ccc(NC(=O)C(Sc2cccc(NC(=O)/C(=C/c3ccc(OCc4ccccc4)cc3)NC(=O)c3ccccc3)c2)c2ccccc2)cc1. The van der Waals surface area contributed by atoms with Gasteiger partial charge in [0.25, 0.3) is 11.8 Å². The van der Waals surface area contributed by atoms with Gasteiger partial charge in [0.1, 0.15) is 23.3 Å². The van der Waals surface area contributed by atoms with Crippen molar-refractivity contribution in [1.29, 1.82) is 0 Å². The number of hydrogen-bond acceptors (Lipinski definition) is 6. The third-order valence-corrected chi connectivity index (χ3v) is 9.34. The number of anilines is 2. The first-order valence-corrected chi connectivity index (χ1v) is 17.9. The molecule has 0 bridgehead atoms. The summed E-state index contributed by atoms with van der Waals surface area (Å²) in [7, 11) is 0. The Morgan fingerprint density at radius 2 is 1.30 bits per heavy atom. The molecule has 6 aromatic rings. The van der Waals surface area contributed by atoms with Gasteiger partial charge in [-0.15, -0.1) is 11.8 Å². The minimum Gasteiger partial charge on any atom is -0.489 e. The standard InChI is InChI=1S/C44H36N4O5S/c45-41(49)33-21-23-35(24-22-33)46-44(52)40(32-13-6-2-7-14-32)54-38-18-10-17-36(28-38)47-43(51)39(48-42(50)34-15-8-3-9-16-34)27-30-19-25-37(26-20-30)53-29-31-11-4-1-5-12-31/h1-28,40H,29H2,(H2,45,49)(H,46,52)(H,47,51)(H,48,50)/b39-27-. The third kappa shape index (κ3) is 10.3. The van der Waals surface area contributed by atoms with Gasteiger partial charge >= 0.3 is 0 Å². The molecule has 6 rings (SSSR count). The van der Waals surface area contributed by atoms with Crippen molar-refractivity contribution >= 4 is 52.8 Å². The van der Waals surface area contributed by atoms with Crippen molar-refractivity contribution in [2.75, 3.05) is 10.6 Å². The molecule has 0 aliphatic rings. The number of primary amides is 1. The highest BCUT2D eigenvalue weighted by Gasteiger charge is 2.23. The van der Waals surface area contributed by atoms with Crippen molar-refractivity contribution in [3.8, 4) is 5.75 Å². The molecule has 0 saturated carbocycles. The largest absolute Gasteiger partial charge is 0.489 e. The van der Waals surface area contributed by atoms with Gasteiger partial charge in [0, 0.05) is 27.4 Å². The number of ether oxygens (including phenoxy) is 1. The van der Waals surface area contributed by atoms with Crippen LogP contribution in [0.5, 0.6) is 5.75 Å². The summed E-state index contributed by atoms with van der Waals surface area (Å²) in [5.74, 6) is -1.16. The summed E-state index contributed by atoms with van der Waals surface area (Å²) in [4.78, 5) is 52.9. The van der Waals surface area contributed by atoms with Crippen LogP contribution in [0, 0.1) is 0 Å². The van der Waals surface area contributed by atoms with E-state index in [0.29, 0.717) is 45.3 Å². The van der Waals surface area contributed by atoms with Gasteiger partial charge in [-0.1, -0.05) is 97.1 Å². The molecule has 0 heterocycles. The summed E-state index contributed by atoms with van der Waals surface area (Å²) < 4.78 is 5.91. The molecular formula is C44H36N4O5S. The Morgan fingerprint density at radius 1 is 0.648 bits per heavy atom. The molecule has 0 aliphatic carbocycles. The maximum absolute atomic E-state index is 13.8. The molecule has 0 saturated heterocycles. The Kier molecular flexibility index (Phi) is 12.3. The van der Waals surface area contributed by atoms with E-state index in [1.54, 1.807) is 103 Å². The molecule has 1 atom stereocenters. The predicted molar refractivity (Wildman–Crippen MR) is 213 cm³/mol. The van der Waals surface area contributed by atoms with Crippen LogP contribution >= 0.6 is 11.8 Å². The Bertz CT molecular complexity index is 2250. The summed E-state index contributed by atoms with van der Waals surface area (Å²) in [5.41, 5.74) is 9.58.